The molecule has 2 rings (SSSR count). The lowest BCUT2D eigenvalue weighted by Crippen LogP contribution is -1.84. The third kappa shape index (κ3) is 1.95. The molecule has 0 saturated carbocycles. The van der Waals surface area contributed by atoms with Crippen LogP contribution in [0.4, 0.5) is 0 Å². The molecule has 2 aromatic rings. The van der Waals surface area contributed by atoms with Gasteiger partial charge >= 0.3 is 0 Å². The van der Waals surface area contributed by atoms with Gasteiger partial charge in [-0.2, -0.15) is 0 Å². The fourth-order valence-electron chi connectivity index (χ4n) is 1.85. The van der Waals surface area contributed by atoms with Crippen molar-refractivity contribution in [3.8, 4) is 10.4 Å². The highest BCUT2D eigenvalue weighted by atomic mass is 32.1. The molecule has 0 fully saturated rings. The maximum absolute atomic E-state index is 4.47. The lowest BCUT2D eigenvalue weighted by Gasteiger charge is -2.04. The highest BCUT2D eigenvalue weighted by molar-refractivity contribution is 7.15. The van der Waals surface area contributed by atoms with Crippen molar-refractivity contribution in [1.29, 1.82) is 0 Å². The van der Waals surface area contributed by atoms with Crippen LogP contribution in [0.5, 0.6) is 0 Å². The predicted molar refractivity (Wildman–Crippen MR) is 66.5 cm³/mol. The van der Waals surface area contributed by atoms with Gasteiger partial charge in [0.15, 0.2) is 0 Å². The first-order chi connectivity index (χ1) is 7.08. The van der Waals surface area contributed by atoms with Crippen molar-refractivity contribution in [3.05, 3.63) is 40.0 Å². The molecule has 2 heteroatoms. The van der Waals surface area contributed by atoms with E-state index in [2.05, 4.69) is 50.9 Å². The molecule has 0 amide bonds. The van der Waals surface area contributed by atoms with E-state index in [0.29, 0.717) is 0 Å². The molecule has 15 heavy (non-hydrogen) atoms. The van der Waals surface area contributed by atoms with Gasteiger partial charge in [-0.15, -0.1) is 11.3 Å². The summed E-state index contributed by atoms with van der Waals surface area (Å²) in [6, 6.07) is 6.59. The maximum Gasteiger partial charge on any atom is 0.0903 e. The Morgan fingerprint density at radius 3 is 2.33 bits per heavy atom. The fraction of sp³-hybridized carbons (Fsp3) is 0.308. The standard InChI is InChI=1S/C13H15NS/c1-8-5-6-12(9(2)7-8)13-10(3)14-11(4)15-13/h5-7H,1-4H3. The van der Waals surface area contributed by atoms with Crippen LogP contribution in [-0.4, -0.2) is 4.98 Å². The summed E-state index contributed by atoms with van der Waals surface area (Å²) in [5, 5.41) is 1.14. The van der Waals surface area contributed by atoms with Crippen molar-refractivity contribution in [2.75, 3.05) is 0 Å². The average Bonchev–Trinajstić information content (AvgIpc) is 2.45. The molecule has 1 aromatic heterocycles. The summed E-state index contributed by atoms with van der Waals surface area (Å²) in [5.74, 6) is 0. The van der Waals surface area contributed by atoms with E-state index in [1.165, 1.54) is 21.6 Å². The Labute approximate surface area is 94.8 Å². The van der Waals surface area contributed by atoms with Gasteiger partial charge < -0.3 is 0 Å². The molecule has 1 aromatic carbocycles. The molecule has 0 atom stereocenters. The van der Waals surface area contributed by atoms with Gasteiger partial charge in [-0.1, -0.05) is 23.8 Å². The van der Waals surface area contributed by atoms with Crippen LogP contribution in [-0.2, 0) is 0 Å². The zero-order chi connectivity index (χ0) is 11.0. The molecule has 0 bridgehead atoms. The van der Waals surface area contributed by atoms with Crippen LogP contribution in [0.15, 0.2) is 18.2 Å². The third-order valence-electron chi connectivity index (χ3n) is 2.53. The van der Waals surface area contributed by atoms with E-state index >= 15 is 0 Å². The first-order valence-corrected chi connectivity index (χ1v) is 5.91. The zero-order valence-corrected chi connectivity index (χ0v) is 10.4. The molecular formula is C13H15NS. The van der Waals surface area contributed by atoms with Crippen LogP contribution in [0, 0.1) is 27.7 Å². The average molecular weight is 217 g/mol. The molecule has 0 radical (unpaired) electrons. The first kappa shape index (κ1) is 10.4. The van der Waals surface area contributed by atoms with E-state index in [1.54, 1.807) is 11.3 Å². The molecule has 0 N–H and O–H groups in total. The van der Waals surface area contributed by atoms with E-state index in [0.717, 1.165) is 10.7 Å². The van der Waals surface area contributed by atoms with Gasteiger partial charge in [-0.3, -0.25) is 0 Å². The normalized spacial score (nSPS) is 10.7. The van der Waals surface area contributed by atoms with Crippen LogP contribution in [0.25, 0.3) is 10.4 Å². The van der Waals surface area contributed by atoms with Crippen molar-refractivity contribution in [1.82, 2.24) is 4.98 Å². The Hall–Kier alpha value is -1.15. The smallest absolute Gasteiger partial charge is 0.0903 e. The monoisotopic (exact) mass is 217 g/mol. The second kappa shape index (κ2) is 3.78. The summed E-state index contributed by atoms with van der Waals surface area (Å²) in [6.07, 6.45) is 0. The maximum atomic E-state index is 4.47. The predicted octanol–water partition coefficient (Wildman–Crippen LogP) is 4.04. The number of benzene rings is 1. The number of rotatable bonds is 1. The van der Waals surface area contributed by atoms with Gasteiger partial charge in [0.2, 0.25) is 0 Å². The summed E-state index contributed by atoms with van der Waals surface area (Å²) in [7, 11) is 0. The first-order valence-electron chi connectivity index (χ1n) is 5.09. The fourth-order valence-corrected chi connectivity index (χ4v) is 2.86. The summed E-state index contributed by atoms with van der Waals surface area (Å²) >= 11 is 1.78. The second-order valence-electron chi connectivity index (χ2n) is 3.97. The summed E-state index contributed by atoms with van der Waals surface area (Å²) in [4.78, 5) is 5.78. The van der Waals surface area contributed by atoms with Crippen LogP contribution in [0.1, 0.15) is 21.8 Å². The molecule has 1 heterocycles. The molecule has 0 aliphatic rings. The molecule has 1 nitrogen and oxygen atoms in total. The van der Waals surface area contributed by atoms with Crippen LogP contribution < -0.4 is 0 Å². The van der Waals surface area contributed by atoms with Crippen molar-refractivity contribution < 1.29 is 0 Å². The zero-order valence-electron chi connectivity index (χ0n) is 9.59. The second-order valence-corrected chi connectivity index (χ2v) is 5.17. The van der Waals surface area contributed by atoms with E-state index < -0.39 is 0 Å². The summed E-state index contributed by atoms with van der Waals surface area (Å²) in [6.45, 7) is 8.43. The highest BCUT2D eigenvalue weighted by Crippen LogP contribution is 2.32. The van der Waals surface area contributed by atoms with Gasteiger partial charge in [0.25, 0.3) is 0 Å². The largest absolute Gasteiger partial charge is 0.246 e. The minimum atomic E-state index is 1.14. The molecule has 78 valence electrons. The Morgan fingerprint density at radius 1 is 1.07 bits per heavy atom. The Kier molecular flexibility index (Phi) is 2.61. The molecule has 0 unspecified atom stereocenters. The Bertz CT molecular complexity index is 497. The van der Waals surface area contributed by atoms with E-state index in [9.17, 15) is 0 Å². The van der Waals surface area contributed by atoms with Crippen molar-refractivity contribution in [2.45, 2.75) is 27.7 Å². The number of aryl methyl sites for hydroxylation is 4. The molecule has 0 spiro atoms. The van der Waals surface area contributed by atoms with E-state index in [1.807, 2.05) is 0 Å². The number of hydrogen-bond acceptors (Lipinski definition) is 2. The van der Waals surface area contributed by atoms with E-state index in [-0.39, 0.29) is 0 Å². The molecular weight excluding hydrogens is 202 g/mol. The van der Waals surface area contributed by atoms with Crippen molar-refractivity contribution in [2.24, 2.45) is 0 Å². The Balaban J connectivity index is 2.59. The van der Waals surface area contributed by atoms with Gasteiger partial charge in [0, 0.05) is 0 Å². The molecule has 0 saturated heterocycles. The van der Waals surface area contributed by atoms with Crippen LogP contribution >= 0.6 is 11.3 Å². The molecule has 0 aliphatic carbocycles. The van der Waals surface area contributed by atoms with Crippen molar-refractivity contribution >= 4 is 11.3 Å². The SMILES string of the molecule is Cc1ccc(-c2sc(C)nc2C)c(C)c1. The summed E-state index contributed by atoms with van der Waals surface area (Å²) in [5.41, 5.74) is 5.12. The minimum Gasteiger partial charge on any atom is -0.246 e. The number of thiazole rings is 1. The highest BCUT2D eigenvalue weighted by Gasteiger charge is 2.09. The lowest BCUT2D eigenvalue weighted by molar-refractivity contribution is 1.20. The molecule has 0 aliphatic heterocycles. The quantitative estimate of drug-likeness (QED) is 0.702. The Morgan fingerprint density at radius 2 is 1.80 bits per heavy atom. The number of nitrogens with zero attached hydrogens (tertiary/aromatic N) is 1. The number of aromatic nitrogens is 1. The van der Waals surface area contributed by atoms with Crippen molar-refractivity contribution in [3.63, 3.8) is 0 Å². The summed E-state index contributed by atoms with van der Waals surface area (Å²) < 4.78 is 0. The van der Waals surface area contributed by atoms with E-state index in [4.69, 9.17) is 0 Å². The van der Waals surface area contributed by atoms with Crippen LogP contribution in [0.3, 0.4) is 0 Å². The van der Waals surface area contributed by atoms with Gasteiger partial charge in [-0.25, -0.2) is 4.98 Å². The topological polar surface area (TPSA) is 12.9 Å². The lowest BCUT2D eigenvalue weighted by atomic mass is 10.0. The van der Waals surface area contributed by atoms with Gasteiger partial charge in [0.1, 0.15) is 0 Å². The van der Waals surface area contributed by atoms with Gasteiger partial charge in [0.05, 0.1) is 15.6 Å². The van der Waals surface area contributed by atoms with Crippen LogP contribution in [0.2, 0.25) is 0 Å². The number of hydrogen-bond donors (Lipinski definition) is 0. The third-order valence-corrected chi connectivity index (χ3v) is 3.64. The minimum absolute atomic E-state index is 1.14. The van der Waals surface area contributed by atoms with Gasteiger partial charge in [-0.05, 0) is 38.8 Å².